The molecule has 0 heterocycles. The van der Waals surface area contributed by atoms with Gasteiger partial charge in [0, 0.05) is 5.69 Å². The number of unbranched alkanes of at least 4 members (excludes halogenated alkanes) is 1. The first-order valence-electron chi connectivity index (χ1n) is 8.56. The van der Waals surface area contributed by atoms with Crippen LogP contribution in [0.2, 0.25) is 0 Å². The number of halogens is 1. The Kier molecular flexibility index (Phi) is 7.79. The fourth-order valence-corrected chi connectivity index (χ4v) is 2.73. The van der Waals surface area contributed by atoms with Gasteiger partial charge in [0.15, 0.2) is 6.61 Å². The molecule has 0 radical (unpaired) electrons. The van der Waals surface area contributed by atoms with Crippen LogP contribution < -0.4 is 14.8 Å². The van der Waals surface area contributed by atoms with Crippen molar-refractivity contribution in [2.75, 3.05) is 18.5 Å². The number of rotatable bonds is 9. The fraction of sp³-hybridized carbons (Fsp3) is 0.350. The van der Waals surface area contributed by atoms with E-state index in [1.54, 1.807) is 0 Å². The summed E-state index contributed by atoms with van der Waals surface area (Å²) >= 11 is 3.47. The molecule has 1 N–H and O–H groups in total. The van der Waals surface area contributed by atoms with Crippen molar-refractivity contribution >= 4 is 27.5 Å². The lowest BCUT2D eigenvalue weighted by Gasteiger charge is -2.10. The number of carbonyl (C=O) groups is 1. The van der Waals surface area contributed by atoms with E-state index in [4.69, 9.17) is 9.47 Å². The SMILES string of the molecule is CCCCOc1ccc(NC(=O)COc2ccc(CC)cc2Br)cc1. The Bertz CT molecular complexity index is 686. The Morgan fingerprint density at radius 1 is 1.08 bits per heavy atom. The van der Waals surface area contributed by atoms with Crippen molar-refractivity contribution in [1.82, 2.24) is 0 Å². The van der Waals surface area contributed by atoms with E-state index in [1.807, 2.05) is 42.5 Å². The van der Waals surface area contributed by atoms with Crippen LogP contribution >= 0.6 is 15.9 Å². The highest BCUT2D eigenvalue weighted by molar-refractivity contribution is 9.10. The highest BCUT2D eigenvalue weighted by atomic mass is 79.9. The van der Waals surface area contributed by atoms with E-state index >= 15 is 0 Å². The van der Waals surface area contributed by atoms with E-state index in [0.29, 0.717) is 12.4 Å². The number of amides is 1. The molecule has 0 saturated carbocycles. The zero-order chi connectivity index (χ0) is 18.1. The molecule has 0 bridgehead atoms. The van der Waals surface area contributed by atoms with Gasteiger partial charge in [0.1, 0.15) is 11.5 Å². The van der Waals surface area contributed by atoms with Gasteiger partial charge in [-0.15, -0.1) is 0 Å². The van der Waals surface area contributed by atoms with Crippen LogP contribution in [0, 0.1) is 0 Å². The third kappa shape index (κ3) is 6.42. The van der Waals surface area contributed by atoms with Crippen LogP contribution in [0.5, 0.6) is 11.5 Å². The summed E-state index contributed by atoms with van der Waals surface area (Å²) in [7, 11) is 0. The van der Waals surface area contributed by atoms with Gasteiger partial charge in [-0.05, 0) is 70.7 Å². The van der Waals surface area contributed by atoms with Crippen molar-refractivity contribution in [3.63, 3.8) is 0 Å². The average molecular weight is 406 g/mol. The number of nitrogens with one attached hydrogen (secondary N) is 1. The molecule has 0 unspecified atom stereocenters. The third-order valence-corrected chi connectivity index (χ3v) is 4.29. The second-order valence-corrected chi connectivity index (χ2v) is 6.54. The molecule has 0 aliphatic carbocycles. The normalized spacial score (nSPS) is 10.4. The maximum Gasteiger partial charge on any atom is 0.262 e. The number of anilines is 1. The topological polar surface area (TPSA) is 47.6 Å². The van der Waals surface area contributed by atoms with Crippen LogP contribution in [-0.2, 0) is 11.2 Å². The Labute approximate surface area is 157 Å². The first-order valence-corrected chi connectivity index (χ1v) is 9.35. The summed E-state index contributed by atoms with van der Waals surface area (Å²) in [4.78, 5) is 12.0. The van der Waals surface area contributed by atoms with E-state index in [2.05, 4.69) is 35.1 Å². The van der Waals surface area contributed by atoms with Crippen LogP contribution in [0.15, 0.2) is 46.9 Å². The molecular weight excluding hydrogens is 382 g/mol. The zero-order valence-corrected chi connectivity index (χ0v) is 16.3. The minimum absolute atomic E-state index is 0.0428. The van der Waals surface area contributed by atoms with Crippen LogP contribution in [0.3, 0.4) is 0 Å². The highest BCUT2D eigenvalue weighted by Gasteiger charge is 2.07. The summed E-state index contributed by atoms with van der Waals surface area (Å²) in [5.41, 5.74) is 1.93. The van der Waals surface area contributed by atoms with Crippen LogP contribution in [0.4, 0.5) is 5.69 Å². The summed E-state index contributed by atoms with van der Waals surface area (Å²) in [6.45, 7) is 4.89. The Balaban J connectivity index is 1.82. The molecule has 0 fully saturated rings. The van der Waals surface area contributed by atoms with Gasteiger partial charge in [0.25, 0.3) is 5.91 Å². The molecule has 0 saturated heterocycles. The molecule has 2 rings (SSSR count). The van der Waals surface area contributed by atoms with Crippen LogP contribution in [0.1, 0.15) is 32.3 Å². The number of hydrogen-bond acceptors (Lipinski definition) is 3. The Morgan fingerprint density at radius 2 is 1.84 bits per heavy atom. The summed E-state index contributed by atoms with van der Waals surface area (Å²) in [6.07, 6.45) is 3.09. The van der Waals surface area contributed by atoms with Gasteiger partial charge in [0.05, 0.1) is 11.1 Å². The minimum Gasteiger partial charge on any atom is -0.494 e. The van der Waals surface area contributed by atoms with Crippen LogP contribution in [-0.4, -0.2) is 19.1 Å². The van der Waals surface area contributed by atoms with Crippen molar-refractivity contribution in [1.29, 1.82) is 0 Å². The molecule has 25 heavy (non-hydrogen) atoms. The molecule has 0 atom stereocenters. The van der Waals surface area contributed by atoms with Crippen molar-refractivity contribution in [2.24, 2.45) is 0 Å². The summed E-state index contributed by atoms with van der Waals surface area (Å²) in [5, 5.41) is 2.81. The van der Waals surface area contributed by atoms with E-state index < -0.39 is 0 Å². The highest BCUT2D eigenvalue weighted by Crippen LogP contribution is 2.26. The largest absolute Gasteiger partial charge is 0.494 e. The average Bonchev–Trinajstić information content (AvgIpc) is 2.62. The van der Waals surface area contributed by atoms with Crippen molar-refractivity contribution < 1.29 is 14.3 Å². The monoisotopic (exact) mass is 405 g/mol. The molecule has 0 aromatic heterocycles. The van der Waals surface area contributed by atoms with Crippen molar-refractivity contribution in [3.05, 3.63) is 52.5 Å². The number of carbonyl (C=O) groups excluding carboxylic acids is 1. The molecule has 134 valence electrons. The molecule has 2 aromatic carbocycles. The lowest BCUT2D eigenvalue weighted by molar-refractivity contribution is -0.118. The number of hydrogen-bond donors (Lipinski definition) is 1. The van der Waals surface area contributed by atoms with Crippen LogP contribution in [0.25, 0.3) is 0 Å². The van der Waals surface area contributed by atoms with E-state index in [9.17, 15) is 4.79 Å². The van der Waals surface area contributed by atoms with Gasteiger partial charge in [-0.2, -0.15) is 0 Å². The maximum atomic E-state index is 12.0. The quantitative estimate of drug-likeness (QED) is 0.582. The number of ether oxygens (including phenoxy) is 2. The predicted octanol–water partition coefficient (Wildman–Crippen LogP) is 5.21. The van der Waals surface area contributed by atoms with Crippen molar-refractivity contribution in [2.45, 2.75) is 33.1 Å². The van der Waals surface area contributed by atoms with Gasteiger partial charge in [-0.25, -0.2) is 0 Å². The molecule has 4 nitrogen and oxygen atoms in total. The molecule has 0 aliphatic heterocycles. The third-order valence-electron chi connectivity index (χ3n) is 3.67. The second kappa shape index (κ2) is 10.1. The standard InChI is InChI=1S/C20H24BrNO3/c1-3-5-12-24-17-9-7-16(8-10-17)22-20(23)14-25-19-11-6-15(4-2)13-18(19)21/h6-11,13H,3-5,12,14H2,1-2H3,(H,22,23). The van der Waals surface area contributed by atoms with Gasteiger partial charge in [-0.3, -0.25) is 4.79 Å². The molecule has 5 heteroatoms. The van der Waals surface area contributed by atoms with E-state index in [-0.39, 0.29) is 12.5 Å². The molecule has 0 aliphatic rings. The summed E-state index contributed by atoms with van der Waals surface area (Å²) < 4.78 is 12.0. The van der Waals surface area contributed by atoms with Gasteiger partial charge in [0.2, 0.25) is 0 Å². The van der Waals surface area contributed by atoms with Crippen molar-refractivity contribution in [3.8, 4) is 11.5 Å². The Hall–Kier alpha value is -2.01. The van der Waals surface area contributed by atoms with E-state index in [1.165, 1.54) is 5.56 Å². The maximum absolute atomic E-state index is 12.0. The zero-order valence-electron chi connectivity index (χ0n) is 14.7. The lowest BCUT2D eigenvalue weighted by Crippen LogP contribution is -2.20. The molecular formula is C20H24BrNO3. The Morgan fingerprint density at radius 3 is 2.48 bits per heavy atom. The van der Waals surface area contributed by atoms with Gasteiger partial charge >= 0.3 is 0 Å². The number of benzene rings is 2. The predicted molar refractivity (Wildman–Crippen MR) is 104 cm³/mol. The smallest absolute Gasteiger partial charge is 0.262 e. The number of aryl methyl sites for hydroxylation is 1. The molecule has 0 spiro atoms. The second-order valence-electron chi connectivity index (χ2n) is 5.68. The lowest BCUT2D eigenvalue weighted by atomic mass is 10.2. The fourth-order valence-electron chi connectivity index (χ4n) is 2.19. The van der Waals surface area contributed by atoms with Gasteiger partial charge in [-0.1, -0.05) is 26.3 Å². The van der Waals surface area contributed by atoms with E-state index in [0.717, 1.165) is 35.2 Å². The summed E-state index contributed by atoms with van der Waals surface area (Å²) in [6, 6.07) is 13.2. The minimum atomic E-state index is -0.203. The molecule has 2 aromatic rings. The first kappa shape index (κ1) is 19.3. The molecule has 1 amide bonds. The first-order chi connectivity index (χ1) is 12.1. The summed E-state index contributed by atoms with van der Waals surface area (Å²) in [5.74, 6) is 1.26. The van der Waals surface area contributed by atoms with Gasteiger partial charge < -0.3 is 14.8 Å².